The Morgan fingerprint density at radius 2 is 1.37 bits per heavy atom. The lowest BCUT2D eigenvalue weighted by molar-refractivity contribution is 0.682. The predicted molar refractivity (Wildman–Crippen MR) is 132 cm³/mol. The number of rotatable bonds is 9. The van der Waals surface area contributed by atoms with Gasteiger partial charge in [-0.25, -0.2) is 0 Å². The number of aromatic nitrogens is 1. The van der Waals surface area contributed by atoms with Gasteiger partial charge in [-0.05, 0) is 68.8 Å². The van der Waals surface area contributed by atoms with Gasteiger partial charge in [0.05, 0.1) is 17.1 Å². The van der Waals surface area contributed by atoms with Crippen molar-refractivity contribution in [3.63, 3.8) is 0 Å². The molecule has 0 saturated heterocycles. The molecule has 0 spiro atoms. The molecule has 1 heterocycles. The Kier molecular flexibility index (Phi) is 10.4. The highest BCUT2D eigenvalue weighted by atomic mass is 32.1. The largest absolute Gasteiger partial charge is 0.361 e. The summed E-state index contributed by atoms with van der Waals surface area (Å²) < 4.78 is 0. The molecule has 0 bridgehead atoms. The molecular formula is C21H27N7S2. The zero-order valence-corrected chi connectivity index (χ0v) is 18.8. The lowest BCUT2D eigenvalue weighted by atomic mass is 10.1. The molecule has 1 aromatic heterocycles. The Bertz CT molecular complexity index is 794. The highest BCUT2D eigenvalue weighted by Crippen LogP contribution is 1.99. The second-order valence-electron chi connectivity index (χ2n) is 6.42. The molecule has 30 heavy (non-hydrogen) atoms. The Labute approximate surface area is 188 Å². The van der Waals surface area contributed by atoms with E-state index in [9.17, 15) is 0 Å². The molecular weight excluding hydrogens is 414 g/mol. The molecule has 0 fully saturated rings. The van der Waals surface area contributed by atoms with Crippen molar-refractivity contribution in [1.82, 2.24) is 26.5 Å². The summed E-state index contributed by atoms with van der Waals surface area (Å²) in [6.07, 6.45) is 3.61. The van der Waals surface area contributed by atoms with Gasteiger partial charge in [-0.15, -0.1) is 0 Å². The van der Waals surface area contributed by atoms with E-state index in [4.69, 9.17) is 24.4 Å². The van der Waals surface area contributed by atoms with E-state index < -0.39 is 0 Å². The molecule has 2 aromatic rings. The Hall–Kier alpha value is -2.91. The van der Waals surface area contributed by atoms with Crippen LogP contribution in [0.1, 0.15) is 37.9 Å². The van der Waals surface area contributed by atoms with Crippen LogP contribution in [0.15, 0.2) is 64.9 Å². The number of thiocarbonyl (C=S) groups is 2. The third-order valence-electron chi connectivity index (χ3n) is 4.05. The van der Waals surface area contributed by atoms with Gasteiger partial charge in [-0.2, -0.15) is 10.2 Å². The summed E-state index contributed by atoms with van der Waals surface area (Å²) in [5, 5.41) is 15.8. The van der Waals surface area contributed by atoms with E-state index in [2.05, 4.69) is 36.7 Å². The van der Waals surface area contributed by atoms with Gasteiger partial charge in [-0.1, -0.05) is 36.4 Å². The molecule has 0 atom stereocenters. The summed E-state index contributed by atoms with van der Waals surface area (Å²) in [4.78, 5) is 4.24. The first kappa shape index (κ1) is 23.4. The van der Waals surface area contributed by atoms with Crippen molar-refractivity contribution in [2.75, 3.05) is 13.1 Å². The summed E-state index contributed by atoms with van der Waals surface area (Å²) in [5.41, 5.74) is 9.23. The first-order valence-electron chi connectivity index (χ1n) is 9.69. The van der Waals surface area contributed by atoms with E-state index in [1.54, 1.807) is 6.20 Å². The van der Waals surface area contributed by atoms with Crippen LogP contribution in [0.3, 0.4) is 0 Å². The lowest BCUT2D eigenvalue weighted by Crippen LogP contribution is -2.35. The lowest BCUT2D eigenvalue weighted by Gasteiger charge is -2.09. The zero-order chi connectivity index (χ0) is 21.6. The van der Waals surface area contributed by atoms with E-state index in [1.165, 1.54) is 0 Å². The van der Waals surface area contributed by atoms with Gasteiger partial charge < -0.3 is 10.6 Å². The number of unbranched alkanes of at least 4 members (excludes halogenated alkanes) is 1. The van der Waals surface area contributed by atoms with Gasteiger partial charge in [0, 0.05) is 19.3 Å². The molecule has 4 N–H and O–H groups in total. The smallest absolute Gasteiger partial charge is 0.186 e. The minimum absolute atomic E-state index is 0.487. The quantitative estimate of drug-likeness (QED) is 0.206. The average Bonchev–Trinajstić information content (AvgIpc) is 2.79. The first-order valence-corrected chi connectivity index (χ1v) is 10.5. The fraction of sp³-hybridized carbons (Fsp3) is 0.286. The topological polar surface area (TPSA) is 85.7 Å². The van der Waals surface area contributed by atoms with Crippen LogP contribution < -0.4 is 21.5 Å². The van der Waals surface area contributed by atoms with Crippen molar-refractivity contribution in [2.45, 2.75) is 26.7 Å². The van der Waals surface area contributed by atoms with E-state index in [0.29, 0.717) is 10.2 Å². The number of nitrogens with zero attached hydrogens (tertiary/aromatic N) is 3. The van der Waals surface area contributed by atoms with Crippen LogP contribution in [0, 0.1) is 0 Å². The molecule has 0 aliphatic rings. The number of hydrogen-bond donors (Lipinski definition) is 4. The molecule has 0 saturated carbocycles. The van der Waals surface area contributed by atoms with Crippen molar-refractivity contribution >= 4 is 46.1 Å². The Balaban J connectivity index is 1.55. The summed E-state index contributed by atoms with van der Waals surface area (Å²) in [6.45, 7) is 5.32. The van der Waals surface area contributed by atoms with Crippen LogP contribution >= 0.6 is 24.4 Å². The highest BCUT2D eigenvalue weighted by molar-refractivity contribution is 7.80. The summed E-state index contributed by atoms with van der Waals surface area (Å²) in [6, 6.07) is 15.6. The standard InChI is InChI=1S/C21H27N7S2/c1-16(18-10-4-3-5-11-18)25-27-20(29)23-14-8-9-15-24-21(30)28-26-17(2)19-12-6-7-13-22-19/h3-7,10-13H,8-9,14-15H2,1-2H3,(H2,23,27,29)(H2,24,28,30)/b25-16-,26-17+. The van der Waals surface area contributed by atoms with Crippen LogP contribution in [0.2, 0.25) is 0 Å². The second-order valence-corrected chi connectivity index (χ2v) is 7.23. The van der Waals surface area contributed by atoms with Crippen molar-refractivity contribution in [1.29, 1.82) is 0 Å². The highest BCUT2D eigenvalue weighted by Gasteiger charge is 2.00. The molecule has 0 unspecified atom stereocenters. The number of hydrogen-bond acceptors (Lipinski definition) is 5. The van der Waals surface area contributed by atoms with Gasteiger partial charge in [0.15, 0.2) is 10.2 Å². The SMILES string of the molecule is C/C(=N/NC(=S)NCCCCNC(=S)N/N=C(\C)c1ccccn1)c1ccccc1. The molecule has 9 heteroatoms. The van der Waals surface area contributed by atoms with Gasteiger partial charge >= 0.3 is 0 Å². The molecule has 0 radical (unpaired) electrons. The van der Waals surface area contributed by atoms with E-state index in [1.807, 2.05) is 62.4 Å². The van der Waals surface area contributed by atoms with Crippen LogP contribution in [0.4, 0.5) is 0 Å². The molecule has 158 valence electrons. The maximum atomic E-state index is 5.25. The monoisotopic (exact) mass is 441 g/mol. The van der Waals surface area contributed by atoms with Gasteiger partial charge in [0.25, 0.3) is 0 Å². The van der Waals surface area contributed by atoms with Crippen LogP contribution in [-0.2, 0) is 0 Å². The molecule has 7 nitrogen and oxygen atoms in total. The minimum Gasteiger partial charge on any atom is -0.361 e. The number of benzene rings is 1. The predicted octanol–water partition coefficient (Wildman–Crippen LogP) is 2.94. The molecule has 0 aliphatic heterocycles. The zero-order valence-electron chi connectivity index (χ0n) is 17.2. The third kappa shape index (κ3) is 9.06. The summed E-state index contributed by atoms with van der Waals surface area (Å²) in [5.74, 6) is 0. The Morgan fingerprint density at radius 3 is 1.93 bits per heavy atom. The van der Waals surface area contributed by atoms with Crippen LogP contribution in [-0.4, -0.2) is 39.7 Å². The maximum absolute atomic E-state index is 5.25. The van der Waals surface area contributed by atoms with E-state index in [-0.39, 0.29) is 0 Å². The third-order valence-corrected chi connectivity index (χ3v) is 4.52. The second kappa shape index (κ2) is 13.3. The Morgan fingerprint density at radius 1 is 0.800 bits per heavy atom. The molecule has 2 rings (SSSR count). The number of nitrogens with one attached hydrogen (secondary N) is 4. The normalized spacial score (nSPS) is 11.5. The molecule has 0 aliphatic carbocycles. The molecule has 0 amide bonds. The fourth-order valence-electron chi connectivity index (χ4n) is 2.38. The molecule has 1 aromatic carbocycles. The fourth-order valence-corrected chi connectivity index (χ4v) is 2.68. The van der Waals surface area contributed by atoms with Crippen molar-refractivity contribution < 1.29 is 0 Å². The van der Waals surface area contributed by atoms with E-state index >= 15 is 0 Å². The van der Waals surface area contributed by atoms with Crippen LogP contribution in [0.5, 0.6) is 0 Å². The van der Waals surface area contributed by atoms with E-state index in [0.717, 1.165) is 48.6 Å². The first-order chi connectivity index (χ1) is 14.6. The summed E-state index contributed by atoms with van der Waals surface area (Å²) >= 11 is 10.5. The number of hydrazone groups is 2. The van der Waals surface area contributed by atoms with Gasteiger partial charge in [-0.3, -0.25) is 15.8 Å². The van der Waals surface area contributed by atoms with Gasteiger partial charge in [0.2, 0.25) is 0 Å². The van der Waals surface area contributed by atoms with Crippen molar-refractivity contribution in [2.24, 2.45) is 10.2 Å². The minimum atomic E-state index is 0.487. The van der Waals surface area contributed by atoms with Gasteiger partial charge in [0.1, 0.15) is 0 Å². The number of pyridine rings is 1. The van der Waals surface area contributed by atoms with Crippen molar-refractivity contribution in [3.8, 4) is 0 Å². The maximum Gasteiger partial charge on any atom is 0.186 e. The average molecular weight is 442 g/mol. The van der Waals surface area contributed by atoms with Crippen molar-refractivity contribution in [3.05, 3.63) is 66.0 Å². The van der Waals surface area contributed by atoms with Crippen LogP contribution in [0.25, 0.3) is 0 Å². The summed E-state index contributed by atoms with van der Waals surface area (Å²) in [7, 11) is 0.